The van der Waals surface area contributed by atoms with Crippen LogP contribution in [0.5, 0.6) is 0 Å². The highest BCUT2D eigenvalue weighted by Crippen LogP contribution is 2.42. The highest BCUT2D eigenvalue weighted by Gasteiger charge is 2.22. The molecule has 1 aromatic rings. The molecule has 1 aromatic carbocycles. The smallest absolute Gasteiger partial charge is 0.119 e. The number of hydrogen-bond acceptors (Lipinski definition) is 2. The lowest BCUT2D eigenvalue weighted by Crippen LogP contribution is -2.04. The molecule has 1 fully saturated rings. The molecule has 0 N–H and O–H groups in total. The first-order chi connectivity index (χ1) is 7.45. The zero-order chi connectivity index (χ0) is 10.1. The van der Waals surface area contributed by atoms with E-state index in [2.05, 4.69) is 27.9 Å². The van der Waals surface area contributed by atoms with Crippen molar-refractivity contribution in [3.8, 4) is 0 Å². The van der Waals surface area contributed by atoms with Gasteiger partial charge in [0.1, 0.15) is 11.4 Å². The molecule has 0 saturated heterocycles. The molecule has 0 spiro atoms. The molecule has 1 aliphatic heterocycles. The maximum atomic E-state index is 4.13. The van der Waals surface area contributed by atoms with Crippen molar-refractivity contribution < 1.29 is 0 Å². The topological polar surface area (TPSA) is 38.8 Å². The van der Waals surface area contributed by atoms with E-state index < -0.39 is 0 Å². The molecule has 3 rings (SSSR count). The summed E-state index contributed by atoms with van der Waals surface area (Å²) >= 11 is 0. The van der Waals surface area contributed by atoms with Crippen LogP contribution in [0.25, 0.3) is 0 Å². The number of rotatable bonds is 1. The van der Waals surface area contributed by atoms with Gasteiger partial charge in [0, 0.05) is 0 Å². The van der Waals surface area contributed by atoms with E-state index in [0.29, 0.717) is 5.92 Å². The summed E-state index contributed by atoms with van der Waals surface area (Å²) in [6, 6.07) is 6.25. The Labute approximate surface area is 89.6 Å². The minimum Gasteiger partial charge on any atom is -0.128 e. The average molecular weight is 200 g/mol. The molecule has 0 atom stereocenters. The number of fused-ring (bicyclic) bond motifs is 1. The van der Waals surface area contributed by atoms with Crippen molar-refractivity contribution in [3.63, 3.8) is 0 Å². The first-order valence-corrected chi connectivity index (χ1v) is 5.70. The number of hydrogen-bond donors (Lipinski definition) is 0. The van der Waals surface area contributed by atoms with Crippen LogP contribution in [-0.2, 0) is 0 Å². The molecule has 1 aliphatic carbocycles. The maximum Gasteiger partial charge on any atom is 0.119 e. The normalized spacial score (nSPS) is 20.0. The fourth-order valence-corrected chi connectivity index (χ4v) is 2.60. The number of nitrogens with zero attached hydrogens (tertiary/aromatic N) is 3. The monoisotopic (exact) mass is 200 g/mol. The van der Waals surface area contributed by atoms with Crippen molar-refractivity contribution >= 4 is 11.4 Å². The minimum absolute atomic E-state index is 0.681. The molecule has 15 heavy (non-hydrogen) atoms. The Morgan fingerprint density at radius 3 is 2.80 bits per heavy atom. The predicted octanol–water partition coefficient (Wildman–Crippen LogP) is 3.98. The minimum atomic E-state index is 0.681. The summed E-state index contributed by atoms with van der Waals surface area (Å²) in [7, 11) is 0. The first-order valence-electron chi connectivity index (χ1n) is 5.70. The van der Waals surface area contributed by atoms with Crippen LogP contribution in [0, 0.1) is 0 Å². The van der Waals surface area contributed by atoms with E-state index >= 15 is 0 Å². The fraction of sp³-hybridized carbons (Fsp3) is 0.500. The van der Waals surface area contributed by atoms with E-state index in [1.54, 1.807) is 0 Å². The summed E-state index contributed by atoms with van der Waals surface area (Å²) in [5, 5.41) is 7.89. The van der Waals surface area contributed by atoms with Crippen molar-refractivity contribution in [2.24, 2.45) is 10.3 Å². The van der Waals surface area contributed by atoms with Gasteiger partial charge in [-0.3, -0.25) is 0 Å². The van der Waals surface area contributed by atoms with Gasteiger partial charge in [-0.2, -0.15) is 0 Å². The molecule has 0 aromatic heterocycles. The van der Waals surface area contributed by atoms with Crippen LogP contribution in [0.2, 0.25) is 0 Å². The van der Waals surface area contributed by atoms with Crippen LogP contribution in [0.1, 0.15) is 43.6 Å². The molecule has 1 saturated carbocycles. The summed E-state index contributed by atoms with van der Waals surface area (Å²) in [6.07, 6.45) is 6.68. The molecule has 1 heterocycles. The Balaban J connectivity index is 1.96. The molecule has 3 heteroatoms. The molecular formula is C12H14N3. The van der Waals surface area contributed by atoms with Gasteiger partial charge >= 0.3 is 0 Å². The van der Waals surface area contributed by atoms with Gasteiger partial charge in [0.2, 0.25) is 0 Å². The molecule has 0 unspecified atom stereocenters. The predicted molar refractivity (Wildman–Crippen MR) is 58.6 cm³/mol. The molecule has 77 valence electrons. The molecule has 2 aliphatic rings. The molecule has 0 amide bonds. The van der Waals surface area contributed by atoms with Gasteiger partial charge in [-0.25, -0.2) is 0 Å². The third-order valence-corrected chi connectivity index (χ3v) is 3.39. The third-order valence-electron chi connectivity index (χ3n) is 3.39. The van der Waals surface area contributed by atoms with E-state index in [-0.39, 0.29) is 0 Å². The van der Waals surface area contributed by atoms with Gasteiger partial charge < -0.3 is 0 Å². The second-order valence-electron chi connectivity index (χ2n) is 4.34. The molecule has 3 nitrogen and oxygen atoms in total. The van der Waals surface area contributed by atoms with Crippen molar-refractivity contribution in [2.75, 3.05) is 0 Å². The Morgan fingerprint density at radius 2 is 1.93 bits per heavy atom. The zero-order valence-corrected chi connectivity index (χ0v) is 8.69. The lowest BCUT2D eigenvalue weighted by Gasteiger charge is -2.22. The summed E-state index contributed by atoms with van der Waals surface area (Å²) < 4.78 is 0. The van der Waals surface area contributed by atoms with Crippen LogP contribution < -0.4 is 5.43 Å². The summed E-state index contributed by atoms with van der Waals surface area (Å²) in [6.45, 7) is 0. The second kappa shape index (κ2) is 3.65. The third kappa shape index (κ3) is 1.52. The molecular weight excluding hydrogens is 186 g/mol. The van der Waals surface area contributed by atoms with Gasteiger partial charge in [-0.1, -0.05) is 31.4 Å². The second-order valence-corrected chi connectivity index (χ2v) is 4.34. The van der Waals surface area contributed by atoms with E-state index in [0.717, 1.165) is 11.4 Å². The van der Waals surface area contributed by atoms with E-state index in [9.17, 15) is 0 Å². The van der Waals surface area contributed by atoms with Gasteiger partial charge in [-0.15, -0.1) is 10.5 Å². The first kappa shape index (κ1) is 8.89. The Bertz CT molecular complexity index is 392. The number of benzene rings is 1. The van der Waals surface area contributed by atoms with Crippen LogP contribution in [0.15, 0.2) is 28.5 Å². The van der Waals surface area contributed by atoms with Gasteiger partial charge in [0.05, 0.1) is 0 Å². The van der Waals surface area contributed by atoms with E-state index in [1.165, 1.54) is 37.7 Å². The van der Waals surface area contributed by atoms with Gasteiger partial charge in [0.15, 0.2) is 0 Å². The summed E-state index contributed by atoms with van der Waals surface area (Å²) in [5.41, 5.74) is 7.33. The van der Waals surface area contributed by atoms with Crippen molar-refractivity contribution in [3.05, 3.63) is 23.8 Å². The van der Waals surface area contributed by atoms with E-state index in [4.69, 9.17) is 0 Å². The molecule has 0 bridgehead atoms. The average Bonchev–Trinajstić information content (AvgIpc) is 2.78. The lowest BCUT2D eigenvalue weighted by molar-refractivity contribution is 0.444. The summed E-state index contributed by atoms with van der Waals surface area (Å²) in [4.78, 5) is 0. The zero-order valence-electron chi connectivity index (χ0n) is 8.69. The van der Waals surface area contributed by atoms with Gasteiger partial charge in [0.25, 0.3) is 0 Å². The summed E-state index contributed by atoms with van der Waals surface area (Å²) in [5.74, 6) is 0.681. The fourth-order valence-electron chi connectivity index (χ4n) is 2.60. The van der Waals surface area contributed by atoms with Crippen LogP contribution >= 0.6 is 0 Å². The Morgan fingerprint density at radius 1 is 1.07 bits per heavy atom. The van der Waals surface area contributed by atoms with Gasteiger partial charge in [-0.05, 0) is 35.6 Å². The van der Waals surface area contributed by atoms with Crippen molar-refractivity contribution in [2.45, 2.75) is 38.0 Å². The lowest BCUT2D eigenvalue weighted by atomic mass is 9.83. The van der Waals surface area contributed by atoms with Crippen LogP contribution in [0.3, 0.4) is 0 Å². The largest absolute Gasteiger partial charge is 0.128 e. The quantitative estimate of drug-likeness (QED) is 0.657. The Kier molecular flexibility index (Phi) is 2.16. The SMILES string of the molecule is c1cc2c(c(C3CCCCC3)c1)N=N[N]2. The van der Waals surface area contributed by atoms with Crippen molar-refractivity contribution in [1.82, 2.24) is 5.43 Å². The highest BCUT2D eigenvalue weighted by atomic mass is 15.5. The van der Waals surface area contributed by atoms with Crippen LogP contribution in [-0.4, -0.2) is 0 Å². The van der Waals surface area contributed by atoms with E-state index in [1.807, 2.05) is 6.07 Å². The highest BCUT2D eigenvalue weighted by molar-refractivity contribution is 5.67. The van der Waals surface area contributed by atoms with Crippen LogP contribution in [0.4, 0.5) is 11.4 Å². The maximum absolute atomic E-state index is 4.13. The Hall–Kier alpha value is -1.38. The van der Waals surface area contributed by atoms with Crippen molar-refractivity contribution in [1.29, 1.82) is 0 Å². The standard InChI is InChI=1S/C12H14N3/c1-2-5-9(6-3-1)10-7-4-8-11-12(10)14-15-13-11/h4,7-9H,1-3,5-6H2. The molecule has 1 radical (unpaired) electrons.